The molecule has 1 aromatic heterocycles. The van der Waals surface area contributed by atoms with E-state index in [1.165, 1.54) is 28.4 Å². The van der Waals surface area contributed by atoms with E-state index < -0.39 is 23.9 Å². The maximum absolute atomic E-state index is 14.5. The van der Waals surface area contributed by atoms with Crippen LogP contribution in [0.1, 0.15) is 10.4 Å². The van der Waals surface area contributed by atoms with Crippen molar-refractivity contribution >= 4 is 44.4 Å². The molecule has 2 heterocycles. The number of nitrogens with zero attached hydrogens (tertiary/aromatic N) is 2. The van der Waals surface area contributed by atoms with Crippen molar-refractivity contribution < 1.29 is 18.7 Å². The zero-order valence-corrected chi connectivity index (χ0v) is 14.8. The van der Waals surface area contributed by atoms with Crippen LogP contribution >= 0.6 is 11.3 Å². The molecule has 0 unspecified atom stereocenters. The van der Waals surface area contributed by atoms with Gasteiger partial charge in [0.1, 0.15) is 11.9 Å². The first-order chi connectivity index (χ1) is 13.0. The van der Waals surface area contributed by atoms with E-state index in [4.69, 9.17) is 10.5 Å². The quantitative estimate of drug-likeness (QED) is 0.718. The van der Waals surface area contributed by atoms with Crippen molar-refractivity contribution in [1.82, 2.24) is 4.98 Å². The number of anilines is 2. The summed E-state index contributed by atoms with van der Waals surface area (Å²) in [6.07, 6.45) is -1.01. The van der Waals surface area contributed by atoms with Crippen LogP contribution in [-0.2, 0) is 4.74 Å². The highest BCUT2D eigenvalue weighted by atomic mass is 32.1. The number of cyclic esters (lactones) is 1. The number of amides is 2. The molecule has 7 nitrogen and oxygen atoms in total. The second kappa shape index (κ2) is 6.93. The maximum Gasteiger partial charge on any atom is 0.414 e. The molecule has 4 rings (SSSR count). The molecule has 0 saturated carbocycles. The number of hydrogen-bond acceptors (Lipinski definition) is 6. The number of ether oxygens (including phenoxy) is 1. The van der Waals surface area contributed by atoms with E-state index in [9.17, 15) is 14.0 Å². The maximum atomic E-state index is 14.5. The van der Waals surface area contributed by atoms with Crippen molar-refractivity contribution in [3.8, 4) is 0 Å². The van der Waals surface area contributed by atoms with Gasteiger partial charge >= 0.3 is 6.09 Å². The summed E-state index contributed by atoms with van der Waals surface area (Å²) in [6, 6.07) is 11.4. The third-order valence-electron chi connectivity index (χ3n) is 4.16. The molecule has 0 radical (unpaired) electrons. The molecule has 0 spiro atoms. The highest BCUT2D eigenvalue weighted by Gasteiger charge is 2.32. The van der Waals surface area contributed by atoms with E-state index >= 15 is 0 Å². The molecule has 1 aliphatic heterocycles. The number of carbonyl (C=O) groups is 2. The normalized spacial score (nSPS) is 16.6. The molecule has 1 fully saturated rings. The minimum Gasteiger partial charge on any atom is -0.443 e. The molecule has 0 bridgehead atoms. The molecule has 9 heteroatoms. The van der Waals surface area contributed by atoms with Crippen LogP contribution in [0.2, 0.25) is 0 Å². The Morgan fingerprint density at radius 1 is 1.37 bits per heavy atom. The standard InChI is InChI=1S/C18H15FN4O3S/c19-13-7-10(23-9-11(8-20)26-18(23)25)5-6-12(13)16(24)22-17-21-14-3-1-2-4-15(14)27-17/h1-7,11H,8-9,20H2,(H,21,22,24)/t11-/m0/s1. The highest BCUT2D eigenvalue weighted by molar-refractivity contribution is 7.22. The fourth-order valence-electron chi connectivity index (χ4n) is 2.80. The number of nitrogens with one attached hydrogen (secondary N) is 1. The Kier molecular flexibility index (Phi) is 4.46. The Morgan fingerprint density at radius 2 is 2.19 bits per heavy atom. The molecule has 2 amide bonds. The summed E-state index contributed by atoms with van der Waals surface area (Å²) in [5.41, 5.74) is 6.43. The Morgan fingerprint density at radius 3 is 2.89 bits per heavy atom. The molecule has 3 N–H and O–H groups in total. The highest BCUT2D eigenvalue weighted by Crippen LogP contribution is 2.27. The monoisotopic (exact) mass is 386 g/mol. The summed E-state index contributed by atoms with van der Waals surface area (Å²) in [4.78, 5) is 29.8. The van der Waals surface area contributed by atoms with Crippen LogP contribution in [-0.4, -0.2) is 36.2 Å². The Balaban J connectivity index is 1.53. The summed E-state index contributed by atoms with van der Waals surface area (Å²) in [6.45, 7) is 0.430. The minimum absolute atomic E-state index is 0.138. The van der Waals surface area contributed by atoms with E-state index in [1.807, 2.05) is 24.3 Å². The van der Waals surface area contributed by atoms with Crippen LogP contribution in [0.4, 0.5) is 20.0 Å². The number of halogens is 1. The number of fused-ring (bicyclic) bond motifs is 1. The lowest BCUT2D eigenvalue weighted by Crippen LogP contribution is -2.27. The number of rotatable bonds is 4. The minimum atomic E-state index is -0.741. The van der Waals surface area contributed by atoms with Crippen LogP contribution in [0.3, 0.4) is 0 Å². The number of para-hydroxylation sites is 1. The molecule has 0 aliphatic carbocycles. The second-order valence-electron chi connectivity index (χ2n) is 5.96. The zero-order valence-electron chi connectivity index (χ0n) is 14.0. The molecule has 1 atom stereocenters. The topological polar surface area (TPSA) is 97.5 Å². The Bertz CT molecular complexity index is 1010. The van der Waals surface area contributed by atoms with E-state index in [2.05, 4.69) is 10.3 Å². The summed E-state index contributed by atoms with van der Waals surface area (Å²) < 4.78 is 20.5. The van der Waals surface area contributed by atoms with E-state index in [1.54, 1.807) is 0 Å². The molecule has 138 valence electrons. The van der Waals surface area contributed by atoms with Gasteiger partial charge in [0.2, 0.25) is 0 Å². The SMILES string of the molecule is NC[C@H]1CN(c2ccc(C(=O)Nc3nc4ccccc4s3)c(F)c2)C(=O)O1. The van der Waals surface area contributed by atoms with Crippen LogP contribution in [0.25, 0.3) is 10.2 Å². The summed E-state index contributed by atoms with van der Waals surface area (Å²) in [5, 5.41) is 3.00. The predicted octanol–water partition coefficient (Wildman–Crippen LogP) is 2.97. The van der Waals surface area contributed by atoms with Gasteiger partial charge in [0, 0.05) is 6.54 Å². The lowest BCUT2D eigenvalue weighted by Gasteiger charge is -2.14. The predicted molar refractivity (Wildman–Crippen MR) is 101 cm³/mol. The number of thiazole rings is 1. The molecule has 2 aromatic carbocycles. The molecular formula is C18H15FN4O3S. The molecule has 27 heavy (non-hydrogen) atoms. The lowest BCUT2D eigenvalue weighted by atomic mass is 10.1. The number of carbonyl (C=O) groups excluding carboxylic acids is 2. The third kappa shape index (κ3) is 3.34. The van der Waals surface area contributed by atoms with Crippen molar-refractivity contribution in [2.75, 3.05) is 23.3 Å². The molecular weight excluding hydrogens is 371 g/mol. The van der Waals surface area contributed by atoms with Gasteiger partial charge in [-0.25, -0.2) is 14.2 Å². The van der Waals surface area contributed by atoms with Crippen molar-refractivity contribution in [3.63, 3.8) is 0 Å². The average Bonchev–Trinajstić information content (AvgIpc) is 3.23. The van der Waals surface area contributed by atoms with E-state index in [0.29, 0.717) is 10.8 Å². The van der Waals surface area contributed by atoms with E-state index in [0.717, 1.165) is 16.3 Å². The van der Waals surface area contributed by atoms with Gasteiger partial charge < -0.3 is 10.5 Å². The first-order valence-electron chi connectivity index (χ1n) is 8.20. The van der Waals surface area contributed by atoms with Crippen molar-refractivity contribution in [3.05, 3.63) is 53.8 Å². The number of benzene rings is 2. The van der Waals surface area contributed by atoms with Gasteiger partial charge in [0.15, 0.2) is 5.13 Å². The van der Waals surface area contributed by atoms with E-state index in [-0.39, 0.29) is 18.7 Å². The van der Waals surface area contributed by atoms with Gasteiger partial charge in [0.25, 0.3) is 5.91 Å². The van der Waals surface area contributed by atoms with Crippen LogP contribution < -0.4 is 16.0 Å². The fraction of sp³-hybridized carbons (Fsp3) is 0.167. The summed E-state index contributed by atoms with van der Waals surface area (Å²) in [5.74, 6) is -1.35. The first-order valence-corrected chi connectivity index (χ1v) is 9.01. The van der Waals surface area contributed by atoms with Crippen molar-refractivity contribution in [2.24, 2.45) is 5.73 Å². The zero-order chi connectivity index (χ0) is 19.0. The number of nitrogens with two attached hydrogens (primary N) is 1. The van der Waals surface area contributed by atoms with Crippen molar-refractivity contribution in [2.45, 2.75) is 6.10 Å². The average molecular weight is 386 g/mol. The Hall–Kier alpha value is -3.04. The smallest absolute Gasteiger partial charge is 0.414 e. The van der Waals surface area contributed by atoms with Gasteiger partial charge in [-0.1, -0.05) is 23.5 Å². The lowest BCUT2D eigenvalue weighted by molar-refractivity contribution is 0.102. The number of aromatic nitrogens is 1. The molecule has 3 aromatic rings. The Labute approximate surface area is 157 Å². The summed E-state index contributed by atoms with van der Waals surface area (Å²) in [7, 11) is 0. The van der Waals surface area contributed by atoms with Gasteiger partial charge in [-0.3, -0.25) is 15.0 Å². The van der Waals surface area contributed by atoms with Crippen LogP contribution in [0.15, 0.2) is 42.5 Å². The molecule has 1 aliphatic rings. The largest absolute Gasteiger partial charge is 0.443 e. The van der Waals surface area contributed by atoms with Crippen LogP contribution in [0.5, 0.6) is 0 Å². The first kappa shape index (κ1) is 17.4. The third-order valence-corrected chi connectivity index (χ3v) is 5.11. The van der Waals surface area contributed by atoms with Crippen LogP contribution in [0, 0.1) is 5.82 Å². The summed E-state index contributed by atoms with van der Waals surface area (Å²) >= 11 is 1.31. The van der Waals surface area contributed by atoms with Crippen molar-refractivity contribution in [1.29, 1.82) is 0 Å². The second-order valence-corrected chi connectivity index (χ2v) is 6.99. The molecule has 1 saturated heterocycles. The van der Waals surface area contributed by atoms with Gasteiger partial charge in [-0.15, -0.1) is 0 Å². The fourth-order valence-corrected chi connectivity index (χ4v) is 3.66. The van der Waals surface area contributed by atoms with Gasteiger partial charge in [0.05, 0.1) is 28.0 Å². The van der Waals surface area contributed by atoms with Gasteiger partial charge in [-0.2, -0.15) is 0 Å². The van der Waals surface area contributed by atoms with Gasteiger partial charge in [-0.05, 0) is 30.3 Å². The number of hydrogen-bond donors (Lipinski definition) is 2.